The number of rotatable bonds is 5. The van der Waals surface area contributed by atoms with E-state index in [0.29, 0.717) is 12.0 Å². The van der Waals surface area contributed by atoms with Crippen molar-refractivity contribution in [3.05, 3.63) is 34.5 Å². The summed E-state index contributed by atoms with van der Waals surface area (Å²) in [6.07, 6.45) is 8.28. The van der Waals surface area contributed by atoms with Crippen molar-refractivity contribution in [2.75, 3.05) is 19.6 Å². The zero-order valence-corrected chi connectivity index (χ0v) is 13.1. The lowest BCUT2D eigenvalue weighted by atomic mass is 9.97. The summed E-state index contributed by atoms with van der Waals surface area (Å²) in [6.45, 7) is 3.56. The highest BCUT2D eigenvalue weighted by Crippen LogP contribution is 2.38. The second-order valence-corrected chi connectivity index (χ2v) is 7.33. The average molecular weight is 302 g/mol. The van der Waals surface area contributed by atoms with Crippen LogP contribution in [0.25, 0.3) is 0 Å². The molecule has 2 aromatic heterocycles. The number of hydrogen-bond donors (Lipinski definition) is 0. The van der Waals surface area contributed by atoms with Crippen molar-refractivity contribution in [1.82, 2.24) is 19.7 Å². The van der Waals surface area contributed by atoms with E-state index < -0.39 is 0 Å². The lowest BCUT2D eigenvalue weighted by Crippen LogP contribution is -2.36. The molecule has 1 aliphatic heterocycles. The van der Waals surface area contributed by atoms with Gasteiger partial charge >= 0.3 is 0 Å². The minimum absolute atomic E-state index is 0.574. The summed E-state index contributed by atoms with van der Waals surface area (Å²) in [4.78, 5) is 4.11. The van der Waals surface area contributed by atoms with E-state index in [4.69, 9.17) is 0 Å². The molecule has 5 heteroatoms. The molecule has 2 aromatic rings. The van der Waals surface area contributed by atoms with Crippen molar-refractivity contribution in [2.45, 2.75) is 44.1 Å². The average Bonchev–Trinajstić information content (AvgIpc) is 3.04. The molecule has 21 heavy (non-hydrogen) atoms. The summed E-state index contributed by atoms with van der Waals surface area (Å²) >= 11 is 1.87. The molecule has 4 nitrogen and oxygen atoms in total. The van der Waals surface area contributed by atoms with Gasteiger partial charge in [0.1, 0.15) is 12.2 Å². The Morgan fingerprint density at radius 2 is 2.24 bits per heavy atom. The van der Waals surface area contributed by atoms with Crippen LogP contribution in [0.4, 0.5) is 0 Å². The number of nitrogens with zero attached hydrogens (tertiary/aromatic N) is 4. The van der Waals surface area contributed by atoms with Gasteiger partial charge in [-0.2, -0.15) is 0 Å². The highest BCUT2D eigenvalue weighted by Gasteiger charge is 2.31. The second-order valence-electron chi connectivity index (χ2n) is 6.30. The maximum absolute atomic E-state index is 4.43. The lowest BCUT2D eigenvalue weighted by Gasteiger charge is -2.32. The van der Waals surface area contributed by atoms with E-state index in [0.717, 1.165) is 6.54 Å². The van der Waals surface area contributed by atoms with Crippen LogP contribution in [0.5, 0.6) is 0 Å². The van der Waals surface area contributed by atoms with Crippen LogP contribution in [0, 0.1) is 0 Å². The third-order valence-corrected chi connectivity index (χ3v) is 5.60. The summed E-state index contributed by atoms with van der Waals surface area (Å²) in [6, 6.07) is 5.09. The first kappa shape index (κ1) is 13.5. The van der Waals surface area contributed by atoms with E-state index in [1.165, 1.54) is 55.9 Å². The zero-order valence-electron chi connectivity index (χ0n) is 12.3. The highest BCUT2D eigenvalue weighted by atomic mass is 32.1. The molecule has 0 radical (unpaired) electrons. The third-order valence-electron chi connectivity index (χ3n) is 4.67. The number of piperidine rings is 1. The van der Waals surface area contributed by atoms with Gasteiger partial charge < -0.3 is 9.47 Å². The Labute approximate surface area is 129 Å². The number of likely N-dealkylation sites (tertiary alicyclic amines) is 1. The van der Waals surface area contributed by atoms with Crippen LogP contribution in [0.1, 0.15) is 48.3 Å². The van der Waals surface area contributed by atoms with Gasteiger partial charge in [-0.05, 0) is 50.1 Å². The monoisotopic (exact) mass is 302 g/mol. The van der Waals surface area contributed by atoms with Crippen molar-refractivity contribution in [3.63, 3.8) is 0 Å². The van der Waals surface area contributed by atoms with Gasteiger partial charge in [0, 0.05) is 29.9 Å². The van der Waals surface area contributed by atoms with E-state index in [9.17, 15) is 0 Å². The molecular weight excluding hydrogens is 280 g/mol. The number of thiophene rings is 1. The first-order chi connectivity index (χ1) is 10.4. The number of aromatic nitrogens is 3. The molecule has 4 rings (SSSR count). The van der Waals surface area contributed by atoms with Gasteiger partial charge in [-0.1, -0.05) is 6.07 Å². The van der Waals surface area contributed by atoms with Crippen LogP contribution in [0.2, 0.25) is 0 Å². The van der Waals surface area contributed by atoms with Gasteiger partial charge in [-0.15, -0.1) is 21.5 Å². The topological polar surface area (TPSA) is 34.0 Å². The van der Waals surface area contributed by atoms with Crippen molar-refractivity contribution in [2.24, 2.45) is 0 Å². The van der Waals surface area contributed by atoms with Gasteiger partial charge in [0.2, 0.25) is 0 Å². The van der Waals surface area contributed by atoms with Crippen molar-refractivity contribution in [3.8, 4) is 0 Å². The summed E-state index contributed by atoms with van der Waals surface area (Å²) < 4.78 is 2.34. The van der Waals surface area contributed by atoms with Crippen molar-refractivity contribution < 1.29 is 0 Å². The molecule has 1 aliphatic carbocycles. The minimum Gasteiger partial charge on any atom is -0.314 e. The van der Waals surface area contributed by atoms with Crippen molar-refractivity contribution >= 4 is 11.3 Å². The summed E-state index contributed by atoms with van der Waals surface area (Å²) in [5.74, 6) is 1.81. The largest absolute Gasteiger partial charge is 0.314 e. The van der Waals surface area contributed by atoms with Crippen LogP contribution in [0.15, 0.2) is 23.8 Å². The summed E-state index contributed by atoms with van der Waals surface area (Å²) in [5.41, 5.74) is 0. The molecule has 0 amide bonds. The normalized spacial score (nSPS) is 23.5. The maximum atomic E-state index is 4.43. The fourth-order valence-corrected chi connectivity index (χ4v) is 4.07. The molecule has 1 saturated carbocycles. The van der Waals surface area contributed by atoms with E-state index in [1.54, 1.807) is 0 Å². The molecule has 2 aliphatic rings. The summed E-state index contributed by atoms with van der Waals surface area (Å²) in [5, 5.41) is 10.8. The Kier molecular flexibility index (Phi) is 3.78. The fourth-order valence-electron chi connectivity index (χ4n) is 3.37. The van der Waals surface area contributed by atoms with E-state index in [-0.39, 0.29) is 0 Å². The van der Waals surface area contributed by atoms with Gasteiger partial charge in [0.15, 0.2) is 0 Å². The smallest absolute Gasteiger partial charge is 0.137 e. The zero-order chi connectivity index (χ0) is 14.1. The van der Waals surface area contributed by atoms with Crippen LogP contribution < -0.4 is 0 Å². The van der Waals surface area contributed by atoms with Gasteiger partial charge in [-0.25, -0.2) is 0 Å². The lowest BCUT2D eigenvalue weighted by molar-refractivity contribution is 0.204. The molecule has 1 atom stereocenters. The fraction of sp³-hybridized carbons (Fsp3) is 0.625. The van der Waals surface area contributed by atoms with E-state index in [1.807, 2.05) is 17.7 Å². The second kappa shape index (κ2) is 5.89. The van der Waals surface area contributed by atoms with Gasteiger partial charge in [0.05, 0.1) is 0 Å². The first-order valence-corrected chi connectivity index (χ1v) is 8.92. The SMILES string of the molecule is c1csc(CCN2CCCC(c3nncn3C3CC3)C2)c1. The molecule has 0 N–H and O–H groups in total. The molecule has 112 valence electrons. The van der Waals surface area contributed by atoms with E-state index in [2.05, 4.69) is 37.2 Å². The molecule has 1 saturated heterocycles. The van der Waals surface area contributed by atoms with Crippen LogP contribution >= 0.6 is 11.3 Å². The molecule has 2 fully saturated rings. The Morgan fingerprint density at radius 1 is 1.29 bits per heavy atom. The molecule has 3 heterocycles. The van der Waals surface area contributed by atoms with Crippen LogP contribution in [-0.2, 0) is 6.42 Å². The Hall–Kier alpha value is -1.20. The Balaban J connectivity index is 1.39. The molecule has 0 spiro atoms. The van der Waals surface area contributed by atoms with Gasteiger partial charge in [-0.3, -0.25) is 0 Å². The Bertz CT molecular complexity index is 573. The Morgan fingerprint density at radius 3 is 3.05 bits per heavy atom. The molecule has 1 unspecified atom stereocenters. The quantitative estimate of drug-likeness (QED) is 0.851. The highest BCUT2D eigenvalue weighted by molar-refractivity contribution is 7.09. The summed E-state index contributed by atoms with van der Waals surface area (Å²) in [7, 11) is 0. The predicted octanol–water partition coefficient (Wildman–Crippen LogP) is 3.10. The maximum Gasteiger partial charge on any atom is 0.137 e. The molecular formula is C16H22N4S. The predicted molar refractivity (Wildman–Crippen MR) is 84.7 cm³/mol. The standard InChI is InChI=1S/C16H22N4S/c1-3-13(16-18-17-12-20(16)14-5-6-14)11-19(8-1)9-7-15-4-2-10-21-15/h2,4,10,12-14H,1,3,5-9,11H2. The molecule has 0 aromatic carbocycles. The first-order valence-electron chi connectivity index (χ1n) is 8.04. The number of hydrogen-bond acceptors (Lipinski definition) is 4. The minimum atomic E-state index is 0.574. The van der Waals surface area contributed by atoms with Gasteiger partial charge in [0.25, 0.3) is 0 Å². The third kappa shape index (κ3) is 3.04. The van der Waals surface area contributed by atoms with Crippen molar-refractivity contribution in [1.29, 1.82) is 0 Å². The van der Waals surface area contributed by atoms with E-state index >= 15 is 0 Å². The molecule has 0 bridgehead atoms. The van der Waals surface area contributed by atoms with Crippen LogP contribution in [-0.4, -0.2) is 39.3 Å². The van der Waals surface area contributed by atoms with Crippen LogP contribution in [0.3, 0.4) is 0 Å².